The Morgan fingerprint density at radius 1 is 0.773 bits per heavy atom. The van der Waals surface area contributed by atoms with Crippen molar-refractivity contribution in [3.8, 4) is 17.0 Å². The average Bonchev–Trinajstić information content (AvgIpc) is 2.55. The zero-order chi connectivity index (χ0) is 14.2. The Bertz CT molecular complexity index is 958. The van der Waals surface area contributed by atoms with Crippen LogP contribution >= 0.6 is 0 Å². The minimum atomic E-state index is 0. The van der Waals surface area contributed by atoms with Crippen molar-refractivity contribution < 1.29 is 75.4 Å². The van der Waals surface area contributed by atoms with E-state index < -0.39 is 0 Å². The first-order chi connectivity index (χ1) is 10.3. The van der Waals surface area contributed by atoms with Crippen LogP contribution in [0.25, 0.3) is 33.1 Å². The van der Waals surface area contributed by atoms with Crippen molar-refractivity contribution in [3.05, 3.63) is 66.9 Å². The Labute approximate surface area is 188 Å². The van der Waals surface area contributed by atoms with Gasteiger partial charge < -0.3 is 6.53 Å². The topological polar surface area (TPSA) is 46.0 Å². The zero-order valence-electron chi connectivity index (χ0n) is 13.2. The summed E-state index contributed by atoms with van der Waals surface area (Å²) in [7, 11) is 0. The maximum atomic E-state index is 9.39. The fourth-order valence-corrected chi connectivity index (χ4v) is 2.52. The molecule has 1 N–H and O–H groups in total. The van der Waals surface area contributed by atoms with Crippen molar-refractivity contribution in [2.45, 2.75) is 0 Å². The molecule has 0 aliphatic rings. The maximum absolute atomic E-state index is 9.39. The van der Waals surface area contributed by atoms with E-state index in [1.54, 1.807) is 18.3 Å². The Morgan fingerprint density at radius 3 is 2.23 bits per heavy atom. The second-order valence-corrected chi connectivity index (χ2v) is 4.96. The summed E-state index contributed by atoms with van der Waals surface area (Å²) < 4.78 is 0. The number of phenols is 1. The van der Waals surface area contributed by atoms with Crippen LogP contribution in [0.2, 0.25) is 0 Å². The summed E-state index contributed by atoms with van der Waals surface area (Å²) in [6.07, 6.45) is 1.79. The number of aromatic nitrogens is 2. The molecule has 102 valence electrons. The molecule has 2 aromatic heterocycles. The Kier molecular flexibility index (Phi) is 4.87. The molecule has 22 heavy (non-hydrogen) atoms. The molecule has 4 heteroatoms. The third-order valence-corrected chi connectivity index (χ3v) is 3.60. The molecule has 0 unspecified atom stereocenters. The van der Waals surface area contributed by atoms with Gasteiger partial charge in [0.2, 0.25) is 0 Å². The van der Waals surface area contributed by atoms with E-state index in [1.807, 2.05) is 30.3 Å². The summed E-state index contributed by atoms with van der Waals surface area (Å²) in [5.41, 5.74) is 3.66. The van der Waals surface area contributed by atoms with Gasteiger partial charge in [-0.3, -0.25) is 4.98 Å². The molecule has 0 spiro atoms. The predicted octanol–water partition coefficient (Wildman–Crippen LogP) is 1.27. The average molecular weight is 406 g/mol. The Hall–Kier alpha value is -0.888. The molecular weight excluding hydrogens is 393 g/mol. The fourth-order valence-electron chi connectivity index (χ4n) is 2.52. The first-order valence-corrected chi connectivity index (χ1v) is 6.75. The van der Waals surface area contributed by atoms with E-state index >= 15 is 0 Å². The minimum Gasteiger partial charge on any atom is -1.00 e. The van der Waals surface area contributed by atoms with Crippen LogP contribution in [0.15, 0.2) is 66.9 Å². The first kappa shape index (κ1) is 16.0. The van der Waals surface area contributed by atoms with E-state index in [4.69, 9.17) is 4.98 Å². The standard InChI is InChI=1S/C18H12N2O.Cs.H/c21-15-8-5-12(6-9-15)16-10-7-14-4-3-13-2-1-11-19-17(13)18(14)20-16;;/h1-11,21H;;/q;+1;-1. The maximum Gasteiger partial charge on any atom is 1.00 e. The van der Waals surface area contributed by atoms with Gasteiger partial charge in [-0.25, -0.2) is 4.98 Å². The van der Waals surface area contributed by atoms with Gasteiger partial charge in [0.05, 0.1) is 16.7 Å². The van der Waals surface area contributed by atoms with Crippen LogP contribution in [0.4, 0.5) is 0 Å². The molecule has 0 atom stereocenters. The molecular formula is C18H13CsN2O. The summed E-state index contributed by atoms with van der Waals surface area (Å²) in [4.78, 5) is 9.21. The third-order valence-electron chi connectivity index (χ3n) is 3.60. The van der Waals surface area contributed by atoms with E-state index in [2.05, 4.69) is 23.2 Å². The van der Waals surface area contributed by atoms with Gasteiger partial charge in [-0.2, -0.15) is 0 Å². The monoisotopic (exact) mass is 406 g/mol. The van der Waals surface area contributed by atoms with Crippen LogP contribution < -0.4 is 68.9 Å². The van der Waals surface area contributed by atoms with Gasteiger partial charge in [0.15, 0.2) is 0 Å². The van der Waals surface area contributed by atoms with Crippen LogP contribution in [-0.2, 0) is 0 Å². The number of nitrogens with zero attached hydrogens (tertiary/aromatic N) is 2. The molecule has 0 aliphatic carbocycles. The van der Waals surface area contributed by atoms with Crippen molar-refractivity contribution in [2.75, 3.05) is 0 Å². The fraction of sp³-hybridized carbons (Fsp3) is 0. The number of phenolic OH excluding ortho intramolecular Hbond substituents is 1. The third kappa shape index (κ3) is 2.95. The molecule has 4 aromatic rings. The smallest absolute Gasteiger partial charge is 1.00 e. The van der Waals surface area contributed by atoms with Crippen molar-refractivity contribution in [1.29, 1.82) is 0 Å². The van der Waals surface area contributed by atoms with E-state index in [9.17, 15) is 5.11 Å². The molecule has 3 nitrogen and oxygen atoms in total. The molecule has 0 bridgehead atoms. The van der Waals surface area contributed by atoms with Crippen molar-refractivity contribution in [2.24, 2.45) is 0 Å². The molecule has 0 saturated heterocycles. The quantitative estimate of drug-likeness (QED) is 0.485. The van der Waals surface area contributed by atoms with Crippen LogP contribution in [0.1, 0.15) is 1.43 Å². The number of benzene rings is 2. The summed E-state index contributed by atoms with van der Waals surface area (Å²) in [6.45, 7) is 0. The van der Waals surface area contributed by atoms with Crippen LogP contribution in [0, 0.1) is 0 Å². The Morgan fingerprint density at radius 2 is 1.45 bits per heavy atom. The number of hydrogen-bond donors (Lipinski definition) is 1. The van der Waals surface area contributed by atoms with Crippen LogP contribution in [0.3, 0.4) is 0 Å². The number of pyridine rings is 2. The molecule has 2 aromatic carbocycles. The molecule has 0 amide bonds. The number of fused-ring (bicyclic) bond motifs is 3. The van der Waals surface area contributed by atoms with E-state index in [1.165, 1.54) is 0 Å². The Balaban J connectivity index is 0.000000960. The SMILES string of the molecule is Oc1ccc(-c2ccc3ccc4cccnc4c3n2)cc1.[Cs+].[H-]. The second kappa shape index (κ2) is 6.70. The summed E-state index contributed by atoms with van der Waals surface area (Å²) in [5.74, 6) is 0.256. The predicted molar refractivity (Wildman–Crippen MR) is 85.3 cm³/mol. The van der Waals surface area contributed by atoms with Crippen molar-refractivity contribution >= 4 is 21.8 Å². The molecule has 0 radical (unpaired) electrons. The number of rotatable bonds is 1. The van der Waals surface area contributed by atoms with Gasteiger partial charge in [-0.05, 0) is 36.4 Å². The van der Waals surface area contributed by atoms with Gasteiger partial charge >= 0.3 is 68.9 Å². The minimum absolute atomic E-state index is 0. The largest absolute Gasteiger partial charge is 1.00 e. The first-order valence-electron chi connectivity index (χ1n) is 6.75. The van der Waals surface area contributed by atoms with Crippen molar-refractivity contribution in [3.63, 3.8) is 0 Å². The van der Waals surface area contributed by atoms with Crippen molar-refractivity contribution in [1.82, 2.24) is 9.97 Å². The van der Waals surface area contributed by atoms with Gasteiger partial charge in [0, 0.05) is 22.5 Å². The van der Waals surface area contributed by atoms with E-state index in [-0.39, 0.29) is 76.1 Å². The summed E-state index contributed by atoms with van der Waals surface area (Å²) in [5, 5.41) is 11.5. The van der Waals surface area contributed by atoms with Gasteiger partial charge in [0.1, 0.15) is 5.75 Å². The van der Waals surface area contributed by atoms with Gasteiger partial charge in [-0.1, -0.05) is 24.3 Å². The molecule has 4 rings (SSSR count). The molecule has 0 saturated carbocycles. The van der Waals surface area contributed by atoms with Gasteiger partial charge in [0.25, 0.3) is 0 Å². The van der Waals surface area contributed by atoms with Gasteiger partial charge in [-0.15, -0.1) is 0 Å². The second-order valence-electron chi connectivity index (χ2n) is 4.96. The van der Waals surface area contributed by atoms with Crippen LogP contribution in [0.5, 0.6) is 5.75 Å². The number of aromatic hydroxyl groups is 1. The van der Waals surface area contributed by atoms with E-state index in [0.29, 0.717) is 0 Å². The zero-order valence-corrected chi connectivity index (χ0v) is 18.5. The van der Waals surface area contributed by atoms with Crippen LogP contribution in [-0.4, -0.2) is 15.1 Å². The summed E-state index contributed by atoms with van der Waals surface area (Å²) >= 11 is 0. The number of hydrogen-bond acceptors (Lipinski definition) is 3. The molecule has 0 aliphatic heterocycles. The molecule has 0 fully saturated rings. The molecule has 2 heterocycles. The summed E-state index contributed by atoms with van der Waals surface area (Å²) in [6, 6.07) is 19.2. The van der Waals surface area contributed by atoms with E-state index in [0.717, 1.165) is 33.1 Å². The normalized spacial score (nSPS) is 10.5.